The second-order valence-corrected chi connectivity index (χ2v) is 12.1. The Bertz CT molecular complexity index is 1110. The lowest BCUT2D eigenvalue weighted by Gasteiger charge is -2.28. The number of aromatic nitrogens is 3. The van der Waals surface area contributed by atoms with Crippen LogP contribution in [0.2, 0.25) is 0 Å². The van der Waals surface area contributed by atoms with E-state index in [4.69, 9.17) is 4.74 Å². The van der Waals surface area contributed by atoms with Crippen LogP contribution in [0.3, 0.4) is 0 Å². The maximum absolute atomic E-state index is 13.4. The molecule has 2 aromatic rings. The average molecular weight is 495 g/mol. The molecule has 0 N–H and O–H groups in total. The molecule has 8 nitrogen and oxygen atoms in total. The third-order valence-corrected chi connectivity index (χ3v) is 9.09. The number of hydrogen-bond acceptors (Lipinski definition) is 7. The summed E-state index contributed by atoms with van der Waals surface area (Å²) >= 11 is 1.31. The molecule has 3 fully saturated rings. The second kappa shape index (κ2) is 9.34. The standard InChI is InChI=1S/C22H27FN4O4S2/c23-16-5-3-15(4-6-16)21-24-25-22(26(21)12-19-2-1-10-31-19)32-13-20(28)27(17-7-8-17)18-9-11-33(29,30)14-18/h3-6,17-19H,1-2,7-14H2. The monoisotopic (exact) mass is 494 g/mol. The Morgan fingerprint density at radius 1 is 1.15 bits per heavy atom. The highest BCUT2D eigenvalue weighted by Crippen LogP contribution is 2.34. The Morgan fingerprint density at radius 3 is 2.58 bits per heavy atom. The molecule has 3 aliphatic rings. The molecular formula is C22H27FN4O4S2. The van der Waals surface area contributed by atoms with Gasteiger partial charge in [-0.1, -0.05) is 11.8 Å². The molecule has 1 amide bonds. The summed E-state index contributed by atoms with van der Waals surface area (Å²) in [6.45, 7) is 1.28. The lowest BCUT2D eigenvalue weighted by molar-refractivity contribution is -0.130. The van der Waals surface area contributed by atoms with Crippen LogP contribution in [-0.2, 0) is 25.9 Å². The van der Waals surface area contributed by atoms with E-state index in [9.17, 15) is 17.6 Å². The Hall–Kier alpha value is -1.98. The number of sulfone groups is 1. The minimum atomic E-state index is -3.07. The molecule has 1 aromatic carbocycles. The zero-order valence-corrected chi connectivity index (χ0v) is 19.9. The molecule has 3 heterocycles. The first kappa shape index (κ1) is 22.8. The van der Waals surface area contributed by atoms with E-state index in [1.54, 1.807) is 17.0 Å². The quantitative estimate of drug-likeness (QED) is 0.521. The van der Waals surface area contributed by atoms with Crippen molar-refractivity contribution >= 4 is 27.5 Å². The summed E-state index contributed by atoms with van der Waals surface area (Å²) in [6.07, 6.45) is 4.35. The molecule has 2 aliphatic heterocycles. The summed E-state index contributed by atoms with van der Waals surface area (Å²) in [5.41, 5.74) is 0.746. The average Bonchev–Trinajstić information content (AvgIpc) is 3.16. The van der Waals surface area contributed by atoms with E-state index < -0.39 is 9.84 Å². The van der Waals surface area contributed by atoms with Crippen molar-refractivity contribution in [1.82, 2.24) is 19.7 Å². The van der Waals surface area contributed by atoms with Crippen molar-refractivity contribution in [3.8, 4) is 11.4 Å². The summed E-state index contributed by atoms with van der Waals surface area (Å²) in [6, 6.07) is 6.03. The Kier molecular flexibility index (Phi) is 6.45. The highest BCUT2D eigenvalue weighted by atomic mass is 32.2. The predicted octanol–water partition coefficient (Wildman–Crippen LogP) is 2.53. The van der Waals surface area contributed by atoms with Crippen LogP contribution in [-0.4, -0.2) is 76.0 Å². The third kappa shape index (κ3) is 5.25. The topological polar surface area (TPSA) is 94.4 Å². The Morgan fingerprint density at radius 2 is 1.94 bits per heavy atom. The first-order valence-corrected chi connectivity index (χ1v) is 14.2. The minimum absolute atomic E-state index is 0.0434. The van der Waals surface area contributed by atoms with Crippen molar-refractivity contribution in [3.05, 3.63) is 30.1 Å². The zero-order chi connectivity index (χ0) is 23.0. The van der Waals surface area contributed by atoms with Gasteiger partial charge in [0.15, 0.2) is 20.8 Å². The van der Waals surface area contributed by atoms with Gasteiger partial charge in [0.2, 0.25) is 5.91 Å². The molecule has 5 rings (SSSR count). The molecule has 33 heavy (non-hydrogen) atoms. The normalized spacial score (nSPS) is 24.3. The zero-order valence-electron chi connectivity index (χ0n) is 18.2. The van der Waals surface area contributed by atoms with Gasteiger partial charge in [-0.3, -0.25) is 9.36 Å². The molecule has 1 aromatic heterocycles. The van der Waals surface area contributed by atoms with Gasteiger partial charge in [-0.05, 0) is 56.4 Å². The predicted molar refractivity (Wildman–Crippen MR) is 122 cm³/mol. The van der Waals surface area contributed by atoms with Crippen LogP contribution in [0.1, 0.15) is 32.1 Å². The number of rotatable bonds is 8. The Labute approximate surface area is 196 Å². The number of thioether (sulfide) groups is 1. The smallest absolute Gasteiger partial charge is 0.233 e. The van der Waals surface area contributed by atoms with Crippen LogP contribution in [0.15, 0.2) is 29.4 Å². The van der Waals surface area contributed by atoms with Crippen LogP contribution in [0.5, 0.6) is 0 Å². The minimum Gasteiger partial charge on any atom is -0.376 e. The van der Waals surface area contributed by atoms with Crippen molar-refractivity contribution in [1.29, 1.82) is 0 Å². The molecule has 2 unspecified atom stereocenters. The van der Waals surface area contributed by atoms with Crippen LogP contribution < -0.4 is 0 Å². The first-order chi connectivity index (χ1) is 15.9. The van der Waals surface area contributed by atoms with Crippen molar-refractivity contribution in [2.24, 2.45) is 0 Å². The number of benzene rings is 1. The first-order valence-electron chi connectivity index (χ1n) is 11.3. The van der Waals surface area contributed by atoms with Crippen LogP contribution in [0.4, 0.5) is 4.39 Å². The summed E-state index contributed by atoms with van der Waals surface area (Å²) in [5.74, 6) is 0.612. The lowest BCUT2D eigenvalue weighted by atomic mass is 10.2. The van der Waals surface area contributed by atoms with Gasteiger partial charge in [0.05, 0.1) is 29.9 Å². The van der Waals surface area contributed by atoms with E-state index in [1.807, 2.05) is 4.57 Å². The third-order valence-electron chi connectivity index (χ3n) is 6.38. The Balaban J connectivity index is 1.34. The van der Waals surface area contributed by atoms with E-state index in [2.05, 4.69) is 10.2 Å². The van der Waals surface area contributed by atoms with Gasteiger partial charge in [0.25, 0.3) is 0 Å². The fourth-order valence-electron chi connectivity index (χ4n) is 4.62. The van der Waals surface area contributed by atoms with E-state index >= 15 is 0 Å². The van der Waals surface area contributed by atoms with E-state index in [0.29, 0.717) is 23.9 Å². The van der Waals surface area contributed by atoms with E-state index in [0.717, 1.165) is 37.9 Å². The number of carbonyl (C=O) groups excluding carboxylic acids is 1. The highest BCUT2D eigenvalue weighted by Gasteiger charge is 2.42. The van der Waals surface area contributed by atoms with Gasteiger partial charge in [-0.2, -0.15) is 0 Å². The van der Waals surface area contributed by atoms with Crippen LogP contribution >= 0.6 is 11.8 Å². The number of hydrogen-bond donors (Lipinski definition) is 0. The molecule has 2 atom stereocenters. The summed E-state index contributed by atoms with van der Waals surface area (Å²) in [5, 5.41) is 9.27. The van der Waals surface area contributed by atoms with Gasteiger partial charge >= 0.3 is 0 Å². The van der Waals surface area contributed by atoms with Gasteiger partial charge in [0.1, 0.15) is 5.82 Å². The number of carbonyl (C=O) groups is 1. The molecule has 11 heteroatoms. The number of ether oxygens (including phenoxy) is 1. The van der Waals surface area contributed by atoms with Crippen molar-refractivity contribution in [2.75, 3.05) is 23.9 Å². The lowest BCUT2D eigenvalue weighted by Crippen LogP contribution is -2.43. The fraction of sp³-hybridized carbons (Fsp3) is 0.591. The molecular weight excluding hydrogens is 467 g/mol. The van der Waals surface area contributed by atoms with E-state index in [-0.39, 0.29) is 47.2 Å². The summed E-state index contributed by atoms with van der Waals surface area (Å²) in [7, 11) is -3.07. The largest absolute Gasteiger partial charge is 0.376 e. The number of amides is 1. The molecule has 1 aliphatic carbocycles. The van der Waals surface area contributed by atoms with Gasteiger partial charge in [0, 0.05) is 24.3 Å². The van der Waals surface area contributed by atoms with E-state index in [1.165, 1.54) is 23.9 Å². The van der Waals surface area contributed by atoms with Crippen molar-refractivity contribution in [2.45, 2.75) is 62.0 Å². The summed E-state index contributed by atoms with van der Waals surface area (Å²) in [4.78, 5) is 15.0. The van der Waals surface area contributed by atoms with Crippen LogP contribution in [0, 0.1) is 5.82 Å². The molecule has 178 valence electrons. The fourth-order valence-corrected chi connectivity index (χ4v) is 7.15. The number of halogens is 1. The number of nitrogens with zero attached hydrogens (tertiary/aromatic N) is 4. The van der Waals surface area contributed by atoms with Gasteiger partial charge < -0.3 is 9.64 Å². The van der Waals surface area contributed by atoms with Crippen LogP contribution in [0.25, 0.3) is 11.4 Å². The SMILES string of the molecule is O=C(CSc1nnc(-c2ccc(F)cc2)n1CC1CCCO1)N(C1CC1)C1CCS(=O)(=O)C1. The molecule has 0 spiro atoms. The highest BCUT2D eigenvalue weighted by molar-refractivity contribution is 7.99. The molecule has 0 radical (unpaired) electrons. The molecule has 1 saturated carbocycles. The molecule has 2 saturated heterocycles. The maximum Gasteiger partial charge on any atom is 0.233 e. The second-order valence-electron chi connectivity index (χ2n) is 8.94. The summed E-state index contributed by atoms with van der Waals surface area (Å²) < 4.78 is 45.1. The maximum atomic E-state index is 13.4. The van der Waals surface area contributed by atoms with Crippen molar-refractivity contribution in [3.63, 3.8) is 0 Å². The van der Waals surface area contributed by atoms with Gasteiger partial charge in [-0.25, -0.2) is 12.8 Å². The van der Waals surface area contributed by atoms with Gasteiger partial charge in [-0.15, -0.1) is 10.2 Å². The molecule has 0 bridgehead atoms. The van der Waals surface area contributed by atoms with Crippen molar-refractivity contribution < 1.29 is 22.3 Å².